The van der Waals surface area contributed by atoms with E-state index in [0.29, 0.717) is 17.2 Å². The minimum Gasteiger partial charge on any atom is -0.504 e. The summed E-state index contributed by atoms with van der Waals surface area (Å²) in [6.45, 7) is 4.01. The number of rotatable bonds is 4. The second kappa shape index (κ2) is 7.19. The standard InChI is InChI=1S/C23H20N2O3/c1-14-10-11-20-19(12-14)25-23(28-20)17-7-5-8-18(15(17)2)24-13-16-6-4-9-21(27-3)22(16)26/h4-13,26H,1-3H3. The molecular formula is C23H20N2O3. The molecule has 0 aliphatic rings. The molecule has 0 aliphatic heterocycles. The van der Waals surface area contributed by atoms with Crippen LogP contribution in [-0.2, 0) is 0 Å². The van der Waals surface area contributed by atoms with E-state index < -0.39 is 0 Å². The zero-order chi connectivity index (χ0) is 19.7. The van der Waals surface area contributed by atoms with Crippen LogP contribution in [0.4, 0.5) is 5.69 Å². The van der Waals surface area contributed by atoms with Gasteiger partial charge in [-0.3, -0.25) is 4.99 Å². The van der Waals surface area contributed by atoms with Crippen LogP contribution in [0, 0.1) is 13.8 Å². The molecule has 0 saturated carbocycles. The minimum atomic E-state index is 0.0666. The number of nitrogens with zero attached hydrogens (tertiary/aromatic N) is 2. The van der Waals surface area contributed by atoms with Crippen LogP contribution in [0.15, 0.2) is 64.0 Å². The Morgan fingerprint density at radius 2 is 1.89 bits per heavy atom. The van der Waals surface area contributed by atoms with Crippen LogP contribution in [0.1, 0.15) is 16.7 Å². The second-order valence-corrected chi connectivity index (χ2v) is 6.60. The predicted octanol–water partition coefficient (Wildman–Crippen LogP) is 5.58. The summed E-state index contributed by atoms with van der Waals surface area (Å²) in [5, 5.41) is 10.2. The number of aromatic hydroxyl groups is 1. The Labute approximate surface area is 163 Å². The number of para-hydroxylation sites is 1. The molecule has 3 aromatic carbocycles. The predicted molar refractivity (Wildman–Crippen MR) is 111 cm³/mol. The van der Waals surface area contributed by atoms with Gasteiger partial charge in [-0.05, 0) is 61.4 Å². The molecule has 28 heavy (non-hydrogen) atoms. The van der Waals surface area contributed by atoms with E-state index in [1.807, 2.05) is 56.3 Å². The average molecular weight is 372 g/mol. The largest absolute Gasteiger partial charge is 0.504 e. The molecule has 0 spiro atoms. The lowest BCUT2D eigenvalue weighted by Crippen LogP contribution is -1.89. The highest BCUT2D eigenvalue weighted by molar-refractivity contribution is 5.87. The number of aromatic nitrogens is 1. The molecule has 4 aromatic rings. The Morgan fingerprint density at radius 3 is 2.71 bits per heavy atom. The van der Waals surface area contributed by atoms with E-state index in [4.69, 9.17) is 9.15 Å². The van der Waals surface area contributed by atoms with E-state index in [2.05, 4.69) is 9.98 Å². The molecule has 140 valence electrons. The van der Waals surface area contributed by atoms with Gasteiger partial charge >= 0.3 is 0 Å². The van der Waals surface area contributed by atoms with Crippen LogP contribution < -0.4 is 4.74 Å². The zero-order valence-corrected chi connectivity index (χ0v) is 15.9. The summed E-state index contributed by atoms with van der Waals surface area (Å²) < 4.78 is 11.1. The minimum absolute atomic E-state index is 0.0666. The van der Waals surface area contributed by atoms with Crippen LogP contribution in [-0.4, -0.2) is 23.4 Å². The number of fused-ring (bicyclic) bond motifs is 1. The lowest BCUT2D eigenvalue weighted by Gasteiger charge is -2.07. The number of oxazole rings is 1. The fourth-order valence-electron chi connectivity index (χ4n) is 3.09. The van der Waals surface area contributed by atoms with Crippen LogP contribution in [0.3, 0.4) is 0 Å². The van der Waals surface area contributed by atoms with E-state index in [9.17, 15) is 5.11 Å². The van der Waals surface area contributed by atoms with Crippen molar-refractivity contribution in [3.8, 4) is 23.0 Å². The molecule has 0 unspecified atom stereocenters. The molecule has 0 atom stereocenters. The quantitative estimate of drug-likeness (QED) is 0.475. The maximum absolute atomic E-state index is 10.2. The molecule has 1 N–H and O–H groups in total. The fourth-order valence-corrected chi connectivity index (χ4v) is 3.09. The van der Waals surface area contributed by atoms with Crippen molar-refractivity contribution in [1.82, 2.24) is 4.98 Å². The first-order valence-electron chi connectivity index (χ1n) is 8.94. The highest BCUT2D eigenvalue weighted by Gasteiger charge is 2.13. The van der Waals surface area contributed by atoms with E-state index in [1.165, 1.54) is 7.11 Å². The van der Waals surface area contributed by atoms with Crippen molar-refractivity contribution in [2.45, 2.75) is 13.8 Å². The molecule has 0 amide bonds. The highest BCUT2D eigenvalue weighted by atomic mass is 16.5. The maximum atomic E-state index is 10.2. The van der Waals surface area contributed by atoms with Crippen molar-refractivity contribution in [2.24, 2.45) is 4.99 Å². The van der Waals surface area contributed by atoms with Gasteiger partial charge < -0.3 is 14.3 Å². The molecular weight excluding hydrogens is 352 g/mol. The maximum Gasteiger partial charge on any atom is 0.227 e. The first kappa shape index (κ1) is 17.8. The Kier molecular flexibility index (Phi) is 4.57. The summed E-state index contributed by atoms with van der Waals surface area (Å²) in [6.07, 6.45) is 1.62. The first-order chi connectivity index (χ1) is 13.6. The number of aliphatic imine (C=N–C) groups is 1. The number of methoxy groups -OCH3 is 1. The van der Waals surface area contributed by atoms with Gasteiger partial charge in [0, 0.05) is 17.3 Å². The van der Waals surface area contributed by atoms with Gasteiger partial charge in [-0.1, -0.05) is 18.2 Å². The SMILES string of the molecule is COc1cccc(C=Nc2cccc(-c3nc4cc(C)ccc4o3)c2C)c1O. The summed E-state index contributed by atoms with van der Waals surface area (Å²) in [5.74, 6) is 1.05. The summed E-state index contributed by atoms with van der Waals surface area (Å²) in [6, 6.07) is 17.0. The molecule has 0 aliphatic carbocycles. The number of hydrogen-bond donors (Lipinski definition) is 1. The number of phenolic OH excluding ortho intramolecular Hbond substituents is 1. The van der Waals surface area contributed by atoms with Crippen LogP contribution >= 0.6 is 0 Å². The van der Waals surface area contributed by atoms with E-state index in [0.717, 1.165) is 33.5 Å². The monoisotopic (exact) mass is 372 g/mol. The van der Waals surface area contributed by atoms with Crippen molar-refractivity contribution in [2.75, 3.05) is 7.11 Å². The van der Waals surface area contributed by atoms with Gasteiger partial charge in [-0.15, -0.1) is 0 Å². The number of hydrogen-bond acceptors (Lipinski definition) is 5. The molecule has 1 aromatic heterocycles. The normalized spacial score (nSPS) is 11.4. The molecule has 1 heterocycles. The van der Waals surface area contributed by atoms with Gasteiger partial charge in [-0.2, -0.15) is 0 Å². The molecule has 4 rings (SSSR count). The van der Waals surface area contributed by atoms with Crippen molar-refractivity contribution in [3.05, 3.63) is 71.3 Å². The Hall–Kier alpha value is -3.60. The van der Waals surface area contributed by atoms with Crippen LogP contribution in [0.5, 0.6) is 11.5 Å². The summed E-state index contributed by atoms with van der Waals surface area (Å²) in [5.41, 5.74) is 5.93. The third kappa shape index (κ3) is 3.22. The van der Waals surface area contributed by atoms with Gasteiger partial charge in [-0.25, -0.2) is 4.98 Å². The number of aryl methyl sites for hydroxylation is 1. The van der Waals surface area contributed by atoms with E-state index in [1.54, 1.807) is 18.3 Å². The van der Waals surface area contributed by atoms with Crippen molar-refractivity contribution < 1.29 is 14.3 Å². The lowest BCUT2D eigenvalue weighted by atomic mass is 10.1. The Bertz CT molecular complexity index is 1190. The summed E-state index contributed by atoms with van der Waals surface area (Å²) in [4.78, 5) is 9.18. The Morgan fingerprint density at radius 1 is 1.07 bits per heavy atom. The van der Waals surface area contributed by atoms with Crippen LogP contribution in [0.2, 0.25) is 0 Å². The van der Waals surface area contributed by atoms with Gasteiger partial charge in [0.2, 0.25) is 5.89 Å². The molecule has 0 saturated heterocycles. The smallest absolute Gasteiger partial charge is 0.227 e. The Balaban J connectivity index is 1.72. The van der Waals surface area contributed by atoms with Crippen molar-refractivity contribution >= 4 is 23.0 Å². The highest BCUT2D eigenvalue weighted by Crippen LogP contribution is 2.33. The third-order valence-electron chi connectivity index (χ3n) is 4.67. The molecule has 0 radical (unpaired) electrons. The van der Waals surface area contributed by atoms with Crippen molar-refractivity contribution in [3.63, 3.8) is 0 Å². The summed E-state index contributed by atoms with van der Waals surface area (Å²) >= 11 is 0. The van der Waals surface area contributed by atoms with Crippen LogP contribution in [0.25, 0.3) is 22.6 Å². The van der Waals surface area contributed by atoms with E-state index in [-0.39, 0.29) is 5.75 Å². The van der Waals surface area contributed by atoms with Gasteiger partial charge in [0.25, 0.3) is 0 Å². The van der Waals surface area contributed by atoms with Gasteiger partial charge in [0.05, 0.1) is 12.8 Å². The first-order valence-corrected chi connectivity index (χ1v) is 8.94. The average Bonchev–Trinajstić information content (AvgIpc) is 3.11. The third-order valence-corrected chi connectivity index (χ3v) is 4.67. The molecule has 0 bridgehead atoms. The lowest BCUT2D eigenvalue weighted by molar-refractivity contribution is 0.373. The number of phenols is 1. The number of benzene rings is 3. The molecule has 0 fully saturated rings. The van der Waals surface area contributed by atoms with Gasteiger partial charge in [0.1, 0.15) is 5.52 Å². The summed E-state index contributed by atoms with van der Waals surface area (Å²) in [7, 11) is 1.52. The number of ether oxygens (including phenoxy) is 1. The zero-order valence-electron chi connectivity index (χ0n) is 15.9. The van der Waals surface area contributed by atoms with E-state index >= 15 is 0 Å². The topological polar surface area (TPSA) is 67.9 Å². The molecule has 5 nitrogen and oxygen atoms in total. The van der Waals surface area contributed by atoms with Crippen molar-refractivity contribution in [1.29, 1.82) is 0 Å². The fraction of sp³-hybridized carbons (Fsp3) is 0.130. The molecule has 5 heteroatoms. The second-order valence-electron chi connectivity index (χ2n) is 6.60. The van der Waals surface area contributed by atoms with Gasteiger partial charge in [0.15, 0.2) is 17.1 Å².